The first kappa shape index (κ1) is 15.3. The van der Waals surface area contributed by atoms with Crippen molar-refractivity contribution in [3.05, 3.63) is 30.6 Å². The van der Waals surface area contributed by atoms with Crippen LogP contribution >= 0.6 is 0 Å². The van der Waals surface area contributed by atoms with Crippen LogP contribution in [-0.2, 0) is 14.1 Å². The maximum atomic E-state index is 12.7. The van der Waals surface area contributed by atoms with E-state index in [0.29, 0.717) is 17.5 Å². The molecule has 3 aromatic heterocycles. The molecule has 0 spiro atoms. The lowest BCUT2D eigenvalue weighted by molar-refractivity contribution is 0.0771. The molecule has 2 unspecified atom stereocenters. The molecule has 2 aliphatic heterocycles. The van der Waals surface area contributed by atoms with Gasteiger partial charge in [0.25, 0.3) is 5.91 Å². The predicted molar refractivity (Wildman–Crippen MR) is 94.6 cm³/mol. The Kier molecular flexibility index (Phi) is 3.25. The SMILES string of the molecule is Cn1nccc1C(=O)N1CC2CN(c3ncnc4c3ncn4C)CC2C1. The van der Waals surface area contributed by atoms with Gasteiger partial charge in [-0.25, -0.2) is 15.0 Å². The molecule has 0 radical (unpaired) electrons. The smallest absolute Gasteiger partial charge is 0.272 e. The van der Waals surface area contributed by atoms with Crippen molar-refractivity contribution in [2.75, 3.05) is 31.1 Å². The number of amides is 1. The van der Waals surface area contributed by atoms with E-state index in [1.165, 1.54) is 0 Å². The highest BCUT2D eigenvalue weighted by atomic mass is 16.2. The lowest BCUT2D eigenvalue weighted by atomic mass is 10.0. The Balaban J connectivity index is 1.34. The summed E-state index contributed by atoms with van der Waals surface area (Å²) < 4.78 is 3.55. The topological polar surface area (TPSA) is 85.0 Å². The van der Waals surface area contributed by atoms with Crippen molar-refractivity contribution >= 4 is 22.9 Å². The normalized spacial score (nSPS) is 22.4. The van der Waals surface area contributed by atoms with Crippen LogP contribution < -0.4 is 4.90 Å². The second kappa shape index (κ2) is 5.52. The molecule has 0 saturated carbocycles. The number of likely N-dealkylation sites (tertiary alicyclic amines) is 1. The number of aromatic nitrogens is 6. The fraction of sp³-hybridized carbons (Fsp3) is 0.471. The average molecular weight is 352 g/mol. The summed E-state index contributed by atoms with van der Waals surface area (Å²) in [5.41, 5.74) is 2.34. The Bertz CT molecular complexity index is 978. The first-order valence-electron chi connectivity index (χ1n) is 8.76. The fourth-order valence-electron chi connectivity index (χ4n) is 4.24. The maximum absolute atomic E-state index is 12.7. The van der Waals surface area contributed by atoms with E-state index >= 15 is 0 Å². The minimum absolute atomic E-state index is 0.0695. The highest BCUT2D eigenvalue weighted by Gasteiger charge is 2.43. The molecule has 134 valence electrons. The van der Waals surface area contributed by atoms with Gasteiger partial charge in [-0.15, -0.1) is 0 Å². The second-order valence-electron chi connectivity index (χ2n) is 7.20. The average Bonchev–Trinajstić information content (AvgIpc) is 3.37. The summed E-state index contributed by atoms with van der Waals surface area (Å²) in [6.07, 6.45) is 5.04. The van der Waals surface area contributed by atoms with Crippen LogP contribution in [0.4, 0.5) is 5.82 Å². The van der Waals surface area contributed by atoms with Crippen LogP contribution in [0.2, 0.25) is 0 Å². The highest BCUT2D eigenvalue weighted by Crippen LogP contribution is 2.35. The van der Waals surface area contributed by atoms with Crippen LogP contribution in [0.15, 0.2) is 24.9 Å². The lowest BCUT2D eigenvalue weighted by Gasteiger charge is -2.22. The minimum atomic E-state index is 0.0695. The number of rotatable bonds is 2. The third-order valence-corrected chi connectivity index (χ3v) is 5.59. The molecule has 2 atom stereocenters. The Morgan fingerprint density at radius 1 is 1.08 bits per heavy atom. The van der Waals surface area contributed by atoms with Crippen LogP contribution in [0.3, 0.4) is 0 Å². The summed E-state index contributed by atoms with van der Waals surface area (Å²) in [6.45, 7) is 3.34. The number of nitrogens with zero attached hydrogens (tertiary/aromatic N) is 8. The molecule has 2 fully saturated rings. The van der Waals surface area contributed by atoms with Crippen molar-refractivity contribution in [3.8, 4) is 0 Å². The molecule has 0 N–H and O–H groups in total. The highest BCUT2D eigenvalue weighted by molar-refractivity contribution is 5.92. The van der Waals surface area contributed by atoms with Gasteiger partial charge in [-0.3, -0.25) is 9.48 Å². The molecule has 9 nitrogen and oxygen atoms in total. The molecule has 5 rings (SSSR count). The maximum Gasteiger partial charge on any atom is 0.272 e. The van der Waals surface area contributed by atoms with Gasteiger partial charge in [0, 0.05) is 58.3 Å². The van der Waals surface area contributed by atoms with Gasteiger partial charge in [-0.2, -0.15) is 5.10 Å². The van der Waals surface area contributed by atoms with Crippen molar-refractivity contribution in [1.29, 1.82) is 0 Å². The number of imidazole rings is 1. The van der Waals surface area contributed by atoms with E-state index in [2.05, 4.69) is 25.0 Å². The molecule has 0 bridgehead atoms. The summed E-state index contributed by atoms with van der Waals surface area (Å²) in [5, 5.41) is 4.10. The number of aryl methyl sites for hydroxylation is 2. The summed E-state index contributed by atoms with van der Waals surface area (Å²) in [4.78, 5) is 30.2. The van der Waals surface area contributed by atoms with Crippen molar-refractivity contribution < 1.29 is 4.79 Å². The molecule has 2 saturated heterocycles. The quantitative estimate of drug-likeness (QED) is 0.660. The van der Waals surface area contributed by atoms with Gasteiger partial charge in [0.15, 0.2) is 17.0 Å². The zero-order chi connectivity index (χ0) is 17.8. The molecule has 0 aliphatic carbocycles. The summed E-state index contributed by atoms with van der Waals surface area (Å²) >= 11 is 0. The first-order chi connectivity index (χ1) is 12.6. The monoisotopic (exact) mass is 352 g/mol. The Labute approximate surface area is 150 Å². The zero-order valence-corrected chi connectivity index (χ0v) is 14.8. The van der Waals surface area contributed by atoms with Crippen molar-refractivity contribution in [2.45, 2.75) is 0 Å². The molecule has 1 amide bonds. The second-order valence-corrected chi connectivity index (χ2v) is 7.20. The van der Waals surface area contributed by atoms with Crippen LogP contribution in [0.1, 0.15) is 10.5 Å². The third-order valence-electron chi connectivity index (χ3n) is 5.59. The van der Waals surface area contributed by atoms with Gasteiger partial charge in [0.1, 0.15) is 12.0 Å². The summed E-state index contributed by atoms with van der Waals surface area (Å²) in [7, 11) is 3.74. The number of carbonyl (C=O) groups is 1. The Hall–Kier alpha value is -2.97. The summed E-state index contributed by atoms with van der Waals surface area (Å²) in [6, 6.07) is 1.78. The van der Waals surface area contributed by atoms with E-state index < -0.39 is 0 Å². The Morgan fingerprint density at radius 3 is 2.54 bits per heavy atom. The predicted octanol–water partition coefficient (Wildman–Crippen LogP) is 0.305. The van der Waals surface area contributed by atoms with Crippen LogP contribution in [0.5, 0.6) is 0 Å². The molecule has 26 heavy (non-hydrogen) atoms. The van der Waals surface area contributed by atoms with Crippen LogP contribution in [0.25, 0.3) is 11.2 Å². The number of fused-ring (bicyclic) bond motifs is 2. The zero-order valence-electron chi connectivity index (χ0n) is 14.8. The van der Waals surface area contributed by atoms with E-state index in [9.17, 15) is 4.79 Å². The van der Waals surface area contributed by atoms with Gasteiger partial charge in [-0.1, -0.05) is 0 Å². The van der Waals surface area contributed by atoms with Crippen molar-refractivity contribution in [3.63, 3.8) is 0 Å². The van der Waals surface area contributed by atoms with Gasteiger partial charge in [0.2, 0.25) is 0 Å². The standard InChI is InChI=1S/C17H20N8O/c1-22-10-20-14-15(22)18-9-19-16(14)24-5-11-7-25(8-12(11)6-24)17(26)13-3-4-21-23(13)2/h3-4,9-12H,5-8H2,1-2H3. The molecule has 2 aliphatic rings. The first-order valence-corrected chi connectivity index (χ1v) is 8.76. The molecule has 3 aromatic rings. The number of hydrogen-bond donors (Lipinski definition) is 0. The lowest BCUT2D eigenvalue weighted by Crippen LogP contribution is -2.34. The largest absolute Gasteiger partial charge is 0.354 e. The number of carbonyl (C=O) groups excluding carboxylic acids is 1. The van der Waals surface area contributed by atoms with Crippen LogP contribution in [0, 0.1) is 11.8 Å². The Morgan fingerprint density at radius 2 is 1.85 bits per heavy atom. The van der Waals surface area contributed by atoms with Crippen LogP contribution in [-0.4, -0.2) is 66.3 Å². The number of hydrogen-bond acceptors (Lipinski definition) is 6. The van der Waals surface area contributed by atoms with E-state index in [1.807, 2.05) is 16.5 Å². The van der Waals surface area contributed by atoms with E-state index in [1.54, 1.807) is 36.6 Å². The van der Waals surface area contributed by atoms with Gasteiger partial charge < -0.3 is 14.4 Å². The molecule has 5 heterocycles. The van der Waals surface area contributed by atoms with Gasteiger partial charge in [-0.05, 0) is 6.07 Å². The summed E-state index contributed by atoms with van der Waals surface area (Å²) in [5.74, 6) is 1.89. The van der Waals surface area contributed by atoms with Crippen molar-refractivity contribution in [2.24, 2.45) is 25.9 Å². The molecule has 9 heteroatoms. The van der Waals surface area contributed by atoms with E-state index in [-0.39, 0.29) is 5.91 Å². The molecular weight excluding hydrogens is 332 g/mol. The number of anilines is 1. The van der Waals surface area contributed by atoms with E-state index in [4.69, 9.17) is 0 Å². The van der Waals surface area contributed by atoms with Gasteiger partial charge >= 0.3 is 0 Å². The molecule has 0 aromatic carbocycles. The fourth-order valence-corrected chi connectivity index (χ4v) is 4.24. The minimum Gasteiger partial charge on any atom is -0.354 e. The molecular formula is C17H20N8O. The van der Waals surface area contributed by atoms with E-state index in [0.717, 1.165) is 43.2 Å². The van der Waals surface area contributed by atoms with Gasteiger partial charge in [0.05, 0.1) is 6.33 Å². The third kappa shape index (κ3) is 2.19. The van der Waals surface area contributed by atoms with Crippen molar-refractivity contribution in [1.82, 2.24) is 34.2 Å².